The van der Waals surface area contributed by atoms with Crippen LogP contribution < -0.4 is 4.90 Å². The number of non-ortho nitro benzene ring substituents is 1. The third-order valence-corrected chi connectivity index (χ3v) is 5.19. The number of benzene rings is 3. The number of nitro benzene ring substituents is 1. The van der Waals surface area contributed by atoms with E-state index in [-0.39, 0.29) is 11.6 Å². The Kier molecular flexibility index (Phi) is 5.40. The van der Waals surface area contributed by atoms with Crippen LogP contribution in [0.4, 0.5) is 11.4 Å². The molecule has 0 unspecified atom stereocenters. The standard InChI is InChI=1S/C23H14Cl2N2O3/c24-18-10-9-16(21(25)13-18)11-17-12-22(15-5-2-1-3-6-15)26(23(17)28)19-7-4-8-20(14-19)27(29)30/h1-14H/b17-11+. The second-order valence-electron chi connectivity index (χ2n) is 6.58. The number of amides is 1. The van der Waals surface area contributed by atoms with Gasteiger partial charge in [0.25, 0.3) is 11.6 Å². The summed E-state index contributed by atoms with van der Waals surface area (Å²) < 4.78 is 0. The van der Waals surface area contributed by atoms with E-state index in [1.165, 1.54) is 17.0 Å². The van der Waals surface area contributed by atoms with Crippen molar-refractivity contribution in [1.82, 2.24) is 0 Å². The minimum atomic E-state index is -0.486. The molecule has 7 heteroatoms. The van der Waals surface area contributed by atoms with Gasteiger partial charge in [0.1, 0.15) is 0 Å². The smallest absolute Gasteiger partial charge is 0.271 e. The second kappa shape index (κ2) is 8.14. The van der Waals surface area contributed by atoms with Gasteiger partial charge >= 0.3 is 0 Å². The summed E-state index contributed by atoms with van der Waals surface area (Å²) in [5, 5.41) is 12.1. The van der Waals surface area contributed by atoms with E-state index in [0.717, 1.165) is 5.56 Å². The zero-order valence-corrected chi connectivity index (χ0v) is 17.0. The highest BCUT2D eigenvalue weighted by molar-refractivity contribution is 6.35. The van der Waals surface area contributed by atoms with E-state index in [4.69, 9.17) is 23.2 Å². The van der Waals surface area contributed by atoms with E-state index in [2.05, 4.69) is 0 Å². The highest BCUT2D eigenvalue weighted by Gasteiger charge is 2.31. The van der Waals surface area contributed by atoms with Gasteiger partial charge in [-0.15, -0.1) is 0 Å². The number of carbonyl (C=O) groups excluding carboxylic acids is 1. The molecule has 0 spiro atoms. The molecule has 4 rings (SSSR count). The predicted octanol–water partition coefficient (Wildman–Crippen LogP) is 6.37. The van der Waals surface area contributed by atoms with Gasteiger partial charge in [0, 0.05) is 27.8 Å². The first-order valence-electron chi connectivity index (χ1n) is 8.97. The van der Waals surface area contributed by atoms with Crippen molar-refractivity contribution >= 4 is 52.3 Å². The van der Waals surface area contributed by atoms with Crippen molar-refractivity contribution in [3.63, 3.8) is 0 Å². The monoisotopic (exact) mass is 436 g/mol. The lowest BCUT2D eigenvalue weighted by molar-refractivity contribution is -0.384. The Morgan fingerprint density at radius 2 is 1.70 bits per heavy atom. The molecule has 1 amide bonds. The molecule has 0 fully saturated rings. The topological polar surface area (TPSA) is 63.5 Å². The molecule has 0 N–H and O–H groups in total. The summed E-state index contributed by atoms with van der Waals surface area (Å²) in [6.45, 7) is 0. The lowest BCUT2D eigenvalue weighted by Gasteiger charge is -2.20. The summed E-state index contributed by atoms with van der Waals surface area (Å²) in [5.41, 5.74) is 2.81. The number of nitro groups is 1. The summed E-state index contributed by atoms with van der Waals surface area (Å²) in [5.74, 6) is -0.305. The Morgan fingerprint density at radius 1 is 0.933 bits per heavy atom. The van der Waals surface area contributed by atoms with E-state index in [9.17, 15) is 14.9 Å². The van der Waals surface area contributed by atoms with Gasteiger partial charge in [-0.25, -0.2) is 0 Å². The molecule has 3 aromatic carbocycles. The Bertz CT molecular complexity index is 1220. The fourth-order valence-corrected chi connectivity index (χ4v) is 3.69. The first-order valence-corrected chi connectivity index (χ1v) is 9.72. The molecule has 0 aliphatic carbocycles. The molecule has 3 aromatic rings. The molecule has 1 aliphatic heterocycles. The van der Waals surface area contributed by atoms with Crippen LogP contribution in [0.3, 0.4) is 0 Å². The van der Waals surface area contributed by atoms with Gasteiger partial charge in [-0.05, 0) is 41.5 Å². The maximum atomic E-state index is 13.3. The van der Waals surface area contributed by atoms with Crippen LogP contribution >= 0.6 is 23.2 Å². The van der Waals surface area contributed by atoms with Crippen LogP contribution in [-0.4, -0.2) is 10.8 Å². The maximum Gasteiger partial charge on any atom is 0.271 e. The Morgan fingerprint density at radius 3 is 2.40 bits per heavy atom. The molecule has 0 bridgehead atoms. The van der Waals surface area contributed by atoms with Crippen molar-refractivity contribution in [1.29, 1.82) is 0 Å². The minimum Gasteiger partial charge on any atom is -0.276 e. The quantitative estimate of drug-likeness (QED) is 0.271. The zero-order valence-electron chi connectivity index (χ0n) is 15.5. The Hall–Kier alpha value is -3.41. The van der Waals surface area contributed by atoms with Gasteiger partial charge in [0.15, 0.2) is 0 Å². The molecule has 0 atom stereocenters. The van der Waals surface area contributed by atoms with Crippen molar-refractivity contribution in [2.45, 2.75) is 0 Å². The van der Waals surface area contributed by atoms with Crippen molar-refractivity contribution in [2.75, 3.05) is 4.90 Å². The van der Waals surface area contributed by atoms with Crippen molar-refractivity contribution < 1.29 is 9.72 Å². The average molecular weight is 437 g/mol. The van der Waals surface area contributed by atoms with Crippen molar-refractivity contribution in [2.24, 2.45) is 0 Å². The predicted molar refractivity (Wildman–Crippen MR) is 119 cm³/mol. The largest absolute Gasteiger partial charge is 0.276 e. The highest BCUT2D eigenvalue weighted by Crippen LogP contribution is 2.37. The number of rotatable bonds is 4. The van der Waals surface area contributed by atoms with E-state index in [1.807, 2.05) is 30.3 Å². The summed E-state index contributed by atoms with van der Waals surface area (Å²) in [6, 6.07) is 20.4. The van der Waals surface area contributed by atoms with Crippen molar-refractivity contribution in [3.05, 3.63) is 116 Å². The van der Waals surface area contributed by atoms with Crippen LogP contribution in [0.5, 0.6) is 0 Å². The third kappa shape index (κ3) is 3.85. The molecule has 1 aliphatic rings. The number of carbonyl (C=O) groups is 1. The number of hydrogen-bond acceptors (Lipinski definition) is 3. The molecular weight excluding hydrogens is 423 g/mol. The van der Waals surface area contributed by atoms with Crippen LogP contribution in [0.15, 0.2) is 84.4 Å². The van der Waals surface area contributed by atoms with Crippen LogP contribution in [0.1, 0.15) is 11.1 Å². The molecule has 0 aromatic heterocycles. The zero-order chi connectivity index (χ0) is 21.3. The lowest BCUT2D eigenvalue weighted by atomic mass is 10.1. The average Bonchev–Trinajstić information content (AvgIpc) is 3.07. The molecule has 1 heterocycles. The highest BCUT2D eigenvalue weighted by atomic mass is 35.5. The third-order valence-electron chi connectivity index (χ3n) is 4.62. The molecule has 148 valence electrons. The summed E-state index contributed by atoms with van der Waals surface area (Å²) >= 11 is 12.2. The number of hydrogen-bond donors (Lipinski definition) is 0. The van der Waals surface area contributed by atoms with Crippen LogP contribution in [0.25, 0.3) is 11.8 Å². The van der Waals surface area contributed by atoms with E-state index >= 15 is 0 Å². The van der Waals surface area contributed by atoms with E-state index in [1.54, 1.807) is 42.5 Å². The van der Waals surface area contributed by atoms with E-state index in [0.29, 0.717) is 32.6 Å². The van der Waals surface area contributed by atoms with Gasteiger partial charge in [0.2, 0.25) is 0 Å². The maximum absolute atomic E-state index is 13.3. The van der Waals surface area contributed by atoms with Crippen LogP contribution in [0.2, 0.25) is 10.0 Å². The fourth-order valence-electron chi connectivity index (χ4n) is 3.22. The number of halogens is 2. The van der Waals surface area contributed by atoms with Crippen LogP contribution in [0, 0.1) is 10.1 Å². The molecule has 0 saturated heterocycles. The first kappa shape index (κ1) is 19.9. The van der Waals surface area contributed by atoms with Gasteiger partial charge < -0.3 is 0 Å². The van der Waals surface area contributed by atoms with Gasteiger partial charge in [-0.2, -0.15) is 0 Å². The molecule has 30 heavy (non-hydrogen) atoms. The number of nitrogens with zero attached hydrogens (tertiary/aromatic N) is 2. The molecule has 5 nitrogen and oxygen atoms in total. The Labute approximate surface area is 182 Å². The van der Waals surface area contributed by atoms with Crippen molar-refractivity contribution in [3.8, 4) is 0 Å². The summed E-state index contributed by atoms with van der Waals surface area (Å²) in [7, 11) is 0. The molecular formula is C23H14Cl2N2O3. The second-order valence-corrected chi connectivity index (χ2v) is 7.42. The van der Waals surface area contributed by atoms with Gasteiger partial charge in [-0.1, -0.05) is 65.7 Å². The van der Waals surface area contributed by atoms with Crippen LogP contribution in [-0.2, 0) is 4.79 Å². The van der Waals surface area contributed by atoms with Gasteiger partial charge in [-0.3, -0.25) is 19.8 Å². The normalized spacial score (nSPS) is 14.9. The first-order chi connectivity index (χ1) is 14.4. The number of anilines is 1. The molecule has 0 radical (unpaired) electrons. The van der Waals surface area contributed by atoms with Gasteiger partial charge in [0.05, 0.1) is 16.3 Å². The summed E-state index contributed by atoms with van der Waals surface area (Å²) in [6.07, 6.45) is 3.43. The minimum absolute atomic E-state index is 0.0918. The van der Waals surface area contributed by atoms with E-state index < -0.39 is 4.92 Å². The Balaban J connectivity index is 1.84. The summed E-state index contributed by atoms with van der Waals surface area (Å²) in [4.78, 5) is 25.5. The molecule has 0 saturated carbocycles. The SMILES string of the molecule is O=C1/C(=C/c2ccc(Cl)cc2Cl)C=C(c2ccccc2)N1c1cccc([N+](=O)[O-])c1. The lowest BCUT2D eigenvalue weighted by Crippen LogP contribution is -2.25. The fraction of sp³-hybridized carbons (Fsp3) is 0.